The van der Waals surface area contributed by atoms with E-state index >= 15 is 0 Å². The van der Waals surface area contributed by atoms with Crippen LogP contribution in [0.15, 0.2) is 12.2 Å². The van der Waals surface area contributed by atoms with Crippen LogP contribution in [0.5, 0.6) is 0 Å². The highest BCUT2D eigenvalue weighted by Gasteiger charge is 2.15. The fourth-order valence-corrected chi connectivity index (χ4v) is 0.797. The molecule has 1 rings (SSSR count). The van der Waals surface area contributed by atoms with Crippen molar-refractivity contribution >= 4 is 5.97 Å². The minimum atomic E-state index is -0.764. The summed E-state index contributed by atoms with van der Waals surface area (Å²) < 4.78 is 0. The Bertz CT molecular complexity index is 142. The van der Waals surface area contributed by atoms with Crippen LogP contribution in [-0.2, 0) is 4.79 Å². The summed E-state index contributed by atoms with van der Waals surface area (Å²) in [5, 5.41) is 11.3. The van der Waals surface area contributed by atoms with E-state index in [1.807, 2.05) is 12.2 Å². The van der Waals surface area contributed by atoms with Crippen LogP contribution in [0.1, 0.15) is 6.42 Å². The molecule has 0 aromatic rings. The van der Waals surface area contributed by atoms with E-state index in [2.05, 4.69) is 5.32 Å². The summed E-state index contributed by atoms with van der Waals surface area (Å²) in [4.78, 5) is 10.3. The molecule has 0 fully saturated rings. The minimum Gasteiger partial charge on any atom is -0.480 e. The number of rotatable bonds is 1. The highest BCUT2D eigenvalue weighted by atomic mass is 16.4. The Morgan fingerprint density at radius 2 is 2.44 bits per heavy atom. The van der Waals surface area contributed by atoms with Gasteiger partial charge in [0.15, 0.2) is 0 Å². The van der Waals surface area contributed by atoms with Gasteiger partial charge < -0.3 is 10.4 Å². The number of carboxylic acids is 1. The fourth-order valence-electron chi connectivity index (χ4n) is 0.797. The van der Waals surface area contributed by atoms with Crippen molar-refractivity contribution in [1.29, 1.82) is 0 Å². The molecule has 1 heterocycles. The van der Waals surface area contributed by atoms with Crippen molar-refractivity contribution in [3.8, 4) is 0 Å². The lowest BCUT2D eigenvalue weighted by Gasteiger charge is -2.13. The van der Waals surface area contributed by atoms with Crippen molar-refractivity contribution < 1.29 is 9.90 Å². The Balaban J connectivity index is 2.44. The summed E-state index contributed by atoms with van der Waals surface area (Å²) in [5.41, 5.74) is 0. The molecule has 9 heavy (non-hydrogen) atoms. The van der Waals surface area contributed by atoms with Crippen molar-refractivity contribution in [3.05, 3.63) is 12.2 Å². The maximum atomic E-state index is 10.3. The predicted octanol–water partition coefficient (Wildman–Crippen LogP) is -0.0109. The molecule has 0 saturated carbocycles. The van der Waals surface area contributed by atoms with Crippen LogP contribution in [0.3, 0.4) is 0 Å². The molecular weight excluding hydrogens is 118 g/mol. The molecule has 0 unspecified atom stereocenters. The van der Waals surface area contributed by atoms with E-state index in [9.17, 15) is 4.79 Å². The molecular formula is C6H9NO2. The van der Waals surface area contributed by atoms with Crippen LogP contribution in [0.2, 0.25) is 0 Å². The zero-order chi connectivity index (χ0) is 6.69. The number of hydrogen-bond donors (Lipinski definition) is 2. The number of hydrogen-bond acceptors (Lipinski definition) is 2. The molecule has 50 valence electrons. The van der Waals surface area contributed by atoms with E-state index in [0.717, 1.165) is 0 Å². The molecule has 0 radical (unpaired) electrons. The second kappa shape index (κ2) is 2.64. The smallest absolute Gasteiger partial charge is 0.321 e. The second-order valence-electron chi connectivity index (χ2n) is 2.01. The van der Waals surface area contributed by atoms with Gasteiger partial charge in [0.2, 0.25) is 0 Å². The zero-order valence-corrected chi connectivity index (χ0v) is 5.00. The molecule has 0 bridgehead atoms. The van der Waals surface area contributed by atoms with Gasteiger partial charge in [-0.15, -0.1) is 0 Å². The van der Waals surface area contributed by atoms with Gasteiger partial charge in [0.25, 0.3) is 0 Å². The molecule has 0 saturated heterocycles. The Hall–Kier alpha value is -0.830. The second-order valence-corrected chi connectivity index (χ2v) is 2.01. The largest absolute Gasteiger partial charge is 0.480 e. The van der Waals surface area contributed by atoms with Gasteiger partial charge in [-0.3, -0.25) is 4.79 Å². The van der Waals surface area contributed by atoms with Crippen LogP contribution < -0.4 is 5.32 Å². The van der Waals surface area contributed by atoms with E-state index in [1.165, 1.54) is 0 Å². The first kappa shape index (κ1) is 6.29. The summed E-state index contributed by atoms with van der Waals surface area (Å²) >= 11 is 0. The molecule has 0 aliphatic carbocycles. The average Bonchev–Trinajstić information content (AvgIpc) is 1.90. The number of nitrogens with one attached hydrogen (secondary N) is 1. The Labute approximate surface area is 53.4 Å². The van der Waals surface area contributed by atoms with Crippen molar-refractivity contribution in [2.24, 2.45) is 0 Å². The van der Waals surface area contributed by atoms with Crippen molar-refractivity contribution in [3.63, 3.8) is 0 Å². The Morgan fingerprint density at radius 3 is 2.78 bits per heavy atom. The van der Waals surface area contributed by atoms with Crippen LogP contribution in [0, 0.1) is 0 Å². The lowest BCUT2D eigenvalue weighted by Crippen LogP contribution is -2.38. The van der Waals surface area contributed by atoms with Crippen LogP contribution >= 0.6 is 0 Å². The van der Waals surface area contributed by atoms with E-state index in [-0.39, 0.29) is 6.04 Å². The third-order valence-corrected chi connectivity index (χ3v) is 1.32. The summed E-state index contributed by atoms with van der Waals surface area (Å²) in [6.45, 7) is 0.678. The average molecular weight is 127 g/mol. The molecule has 1 aliphatic heterocycles. The Kier molecular flexibility index (Phi) is 1.85. The van der Waals surface area contributed by atoms with E-state index in [4.69, 9.17) is 5.11 Å². The van der Waals surface area contributed by atoms with E-state index < -0.39 is 5.97 Å². The van der Waals surface area contributed by atoms with Crippen LogP contribution in [-0.4, -0.2) is 23.7 Å². The van der Waals surface area contributed by atoms with Crippen molar-refractivity contribution in [2.45, 2.75) is 12.5 Å². The van der Waals surface area contributed by atoms with Gasteiger partial charge in [0.05, 0.1) is 0 Å². The molecule has 0 aromatic heterocycles. The van der Waals surface area contributed by atoms with E-state index in [0.29, 0.717) is 13.0 Å². The number of carboxylic acid groups (broad SMARTS) is 1. The molecule has 1 atom stereocenters. The third kappa shape index (κ3) is 1.54. The maximum absolute atomic E-state index is 10.3. The Morgan fingerprint density at radius 1 is 1.67 bits per heavy atom. The standard InChI is InChI=1S/C6H9NO2/c8-6(9)5-3-1-2-4-7-5/h1-2,5,7H,3-4H2,(H,8,9)/t5-/m0/s1. The summed E-state index contributed by atoms with van der Waals surface area (Å²) in [7, 11) is 0. The quantitative estimate of drug-likeness (QED) is 0.487. The third-order valence-electron chi connectivity index (χ3n) is 1.32. The first-order valence-electron chi connectivity index (χ1n) is 2.92. The lowest BCUT2D eigenvalue weighted by atomic mass is 10.1. The van der Waals surface area contributed by atoms with Crippen LogP contribution in [0.4, 0.5) is 0 Å². The van der Waals surface area contributed by atoms with Gasteiger partial charge in [-0.05, 0) is 6.42 Å². The summed E-state index contributed by atoms with van der Waals surface area (Å²) in [6, 6.07) is -0.366. The van der Waals surface area contributed by atoms with Crippen molar-refractivity contribution in [1.82, 2.24) is 5.32 Å². The number of aliphatic carboxylic acids is 1. The monoisotopic (exact) mass is 127 g/mol. The van der Waals surface area contributed by atoms with Crippen LogP contribution in [0.25, 0.3) is 0 Å². The highest BCUT2D eigenvalue weighted by Crippen LogP contribution is 1.97. The van der Waals surface area contributed by atoms with Gasteiger partial charge >= 0.3 is 5.97 Å². The maximum Gasteiger partial charge on any atom is 0.321 e. The first-order chi connectivity index (χ1) is 4.30. The molecule has 0 amide bonds. The molecule has 2 N–H and O–H groups in total. The molecule has 3 heteroatoms. The van der Waals surface area contributed by atoms with Gasteiger partial charge in [0.1, 0.15) is 6.04 Å². The number of carbonyl (C=O) groups is 1. The minimum absolute atomic E-state index is 0.366. The normalized spacial score (nSPS) is 26.0. The highest BCUT2D eigenvalue weighted by molar-refractivity contribution is 5.73. The molecule has 1 aliphatic rings. The molecule has 0 aromatic carbocycles. The van der Waals surface area contributed by atoms with Crippen molar-refractivity contribution in [2.75, 3.05) is 6.54 Å². The van der Waals surface area contributed by atoms with Gasteiger partial charge in [-0.2, -0.15) is 0 Å². The SMILES string of the molecule is O=C(O)[C@@H]1CC=CCN1. The lowest BCUT2D eigenvalue weighted by molar-refractivity contribution is -0.139. The van der Waals surface area contributed by atoms with E-state index in [1.54, 1.807) is 0 Å². The zero-order valence-electron chi connectivity index (χ0n) is 5.00. The summed E-state index contributed by atoms with van der Waals surface area (Å²) in [6.07, 6.45) is 4.42. The fraction of sp³-hybridized carbons (Fsp3) is 0.500. The predicted molar refractivity (Wildman–Crippen MR) is 33.2 cm³/mol. The summed E-state index contributed by atoms with van der Waals surface area (Å²) in [5.74, 6) is -0.764. The van der Waals surface area contributed by atoms with Gasteiger partial charge in [-0.1, -0.05) is 12.2 Å². The van der Waals surface area contributed by atoms with Gasteiger partial charge in [-0.25, -0.2) is 0 Å². The van der Waals surface area contributed by atoms with Gasteiger partial charge in [0, 0.05) is 6.54 Å². The topological polar surface area (TPSA) is 49.3 Å². The molecule has 0 spiro atoms. The first-order valence-corrected chi connectivity index (χ1v) is 2.92. The molecule has 3 nitrogen and oxygen atoms in total.